The van der Waals surface area contributed by atoms with E-state index in [0.717, 1.165) is 0 Å². The minimum atomic E-state index is -0.981. The van der Waals surface area contributed by atoms with Gasteiger partial charge in [0.05, 0.1) is 0 Å². The van der Waals surface area contributed by atoms with Crippen LogP contribution in [0.3, 0.4) is 0 Å². The molecule has 0 aromatic carbocycles. The Kier molecular flexibility index (Phi) is 3.55. The number of carbonyl (C=O) groups excluding carboxylic acids is 1. The molecule has 0 aliphatic carbocycles. The quantitative estimate of drug-likeness (QED) is 0.470. The number of rotatable bonds is 3. The molecule has 0 aromatic rings. The number of hydrogen-bond donors (Lipinski definition) is 2. The Labute approximate surface area is 42.1 Å². The van der Waals surface area contributed by atoms with Crippen LogP contribution in [0.1, 0.15) is 6.42 Å². The molecule has 0 aromatic heterocycles. The second kappa shape index (κ2) is 3.77. The molecule has 3 nitrogen and oxygen atoms in total. The summed E-state index contributed by atoms with van der Waals surface area (Å²) < 4.78 is 0. The Bertz CT molecular complexity index is 55.7. The fourth-order valence-corrected chi connectivity index (χ4v) is 0.217. The van der Waals surface area contributed by atoms with E-state index in [4.69, 9.17) is 10.8 Å². The average molecular weight is 102 g/mol. The highest BCUT2D eigenvalue weighted by Gasteiger charge is 1.97. The van der Waals surface area contributed by atoms with Gasteiger partial charge >= 0.3 is 0 Å². The zero-order chi connectivity index (χ0) is 5.70. The van der Waals surface area contributed by atoms with Crippen LogP contribution in [0.2, 0.25) is 0 Å². The highest BCUT2D eigenvalue weighted by Crippen LogP contribution is 1.79. The van der Waals surface area contributed by atoms with Gasteiger partial charge < -0.3 is 10.8 Å². The van der Waals surface area contributed by atoms with Crippen molar-refractivity contribution in [3.63, 3.8) is 0 Å². The third-order valence-corrected chi connectivity index (χ3v) is 0.576. The maximum absolute atomic E-state index is 9.46. The molecule has 0 heterocycles. The van der Waals surface area contributed by atoms with E-state index in [1.807, 2.05) is 0 Å². The molecular formula is C4H8NO2. The molecule has 0 spiro atoms. The molecule has 41 valence electrons. The van der Waals surface area contributed by atoms with Gasteiger partial charge in [-0.1, -0.05) is 0 Å². The molecule has 0 aliphatic rings. The fourth-order valence-electron chi connectivity index (χ4n) is 0.217. The van der Waals surface area contributed by atoms with Crippen LogP contribution >= 0.6 is 0 Å². The SMILES string of the molecule is NCCC(O)[C]=O. The maximum atomic E-state index is 9.46. The van der Waals surface area contributed by atoms with E-state index in [0.29, 0.717) is 13.0 Å². The van der Waals surface area contributed by atoms with Gasteiger partial charge in [-0.05, 0) is 13.0 Å². The maximum Gasteiger partial charge on any atom is 0.229 e. The van der Waals surface area contributed by atoms with Gasteiger partial charge in [-0.25, -0.2) is 0 Å². The van der Waals surface area contributed by atoms with Gasteiger partial charge in [0, 0.05) is 0 Å². The number of nitrogens with two attached hydrogens (primary N) is 1. The summed E-state index contributed by atoms with van der Waals surface area (Å²) in [6.45, 7) is 0.330. The lowest BCUT2D eigenvalue weighted by molar-refractivity contribution is 0.227. The third kappa shape index (κ3) is 3.42. The van der Waals surface area contributed by atoms with Gasteiger partial charge in [-0.2, -0.15) is 0 Å². The molecular weight excluding hydrogens is 94.0 g/mol. The zero-order valence-electron chi connectivity index (χ0n) is 3.92. The molecule has 0 amide bonds. The van der Waals surface area contributed by atoms with E-state index in [1.165, 1.54) is 6.29 Å². The Morgan fingerprint density at radius 2 is 2.43 bits per heavy atom. The van der Waals surface area contributed by atoms with Crippen molar-refractivity contribution in [2.24, 2.45) is 5.73 Å². The van der Waals surface area contributed by atoms with E-state index >= 15 is 0 Å². The van der Waals surface area contributed by atoms with Crippen molar-refractivity contribution in [3.05, 3.63) is 0 Å². The second-order valence-corrected chi connectivity index (χ2v) is 1.21. The smallest absolute Gasteiger partial charge is 0.229 e. The van der Waals surface area contributed by atoms with Crippen molar-refractivity contribution in [1.29, 1.82) is 0 Å². The summed E-state index contributed by atoms with van der Waals surface area (Å²) in [6, 6.07) is 0. The number of aliphatic hydroxyl groups excluding tert-OH is 1. The monoisotopic (exact) mass is 102 g/mol. The normalized spacial score (nSPS) is 13.4. The van der Waals surface area contributed by atoms with Crippen LogP contribution < -0.4 is 5.73 Å². The highest BCUT2D eigenvalue weighted by molar-refractivity contribution is 5.56. The largest absolute Gasteiger partial charge is 0.385 e. The lowest BCUT2D eigenvalue weighted by Crippen LogP contribution is -2.13. The lowest BCUT2D eigenvalue weighted by Gasteiger charge is -1.93. The molecule has 0 saturated carbocycles. The first-order valence-corrected chi connectivity index (χ1v) is 2.07. The minimum Gasteiger partial charge on any atom is -0.385 e. The summed E-state index contributed by atoms with van der Waals surface area (Å²) in [5, 5.41) is 8.35. The van der Waals surface area contributed by atoms with Gasteiger partial charge in [-0.3, -0.25) is 4.79 Å². The minimum absolute atomic E-state index is 0.309. The van der Waals surface area contributed by atoms with Crippen molar-refractivity contribution in [2.45, 2.75) is 12.5 Å². The Morgan fingerprint density at radius 3 is 2.57 bits per heavy atom. The molecule has 7 heavy (non-hydrogen) atoms. The van der Waals surface area contributed by atoms with Crippen LogP contribution in [0.15, 0.2) is 0 Å². The summed E-state index contributed by atoms with van der Waals surface area (Å²) in [6.07, 6.45) is 0.719. The Morgan fingerprint density at radius 1 is 1.86 bits per heavy atom. The first kappa shape index (κ1) is 6.59. The molecule has 1 unspecified atom stereocenters. The molecule has 0 rings (SSSR count). The van der Waals surface area contributed by atoms with Gasteiger partial charge in [0.1, 0.15) is 6.10 Å². The lowest BCUT2D eigenvalue weighted by atomic mass is 10.3. The van der Waals surface area contributed by atoms with Crippen molar-refractivity contribution in [3.8, 4) is 0 Å². The summed E-state index contributed by atoms with van der Waals surface area (Å²) >= 11 is 0. The Hall–Kier alpha value is -0.410. The van der Waals surface area contributed by atoms with Crippen molar-refractivity contribution in [1.82, 2.24) is 0 Å². The van der Waals surface area contributed by atoms with E-state index in [2.05, 4.69) is 0 Å². The molecule has 0 saturated heterocycles. The van der Waals surface area contributed by atoms with Gasteiger partial charge in [0.15, 0.2) is 0 Å². The topological polar surface area (TPSA) is 63.3 Å². The predicted octanol–water partition coefficient (Wildman–Crippen LogP) is -1.19. The summed E-state index contributed by atoms with van der Waals surface area (Å²) in [5.41, 5.74) is 4.97. The molecule has 3 heteroatoms. The molecule has 3 N–H and O–H groups in total. The standard InChI is InChI=1S/C4H8NO2/c5-2-1-4(7)3-6/h4,7H,1-2,5H2. The number of aliphatic hydroxyl groups is 1. The van der Waals surface area contributed by atoms with Crippen LogP contribution in [0.5, 0.6) is 0 Å². The van der Waals surface area contributed by atoms with Crippen LogP contribution in [0, 0.1) is 0 Å². The van der Waals surface area contributed by atoms with Gasteiger partial charge in [-0.15, -0.1) is 0 Å². The second-order valence-electron chi connectivity index (χ2n) is 1.21. The molecule has 1 atom stereocenters. The van der Waals surface area contributed by atoms with E-state index < -0.39 is 6.10 Å². The molecule has 1 radical (unpaired) electrons. The molecule has 0 aliphatic heterocycles. The molecule has 0 fully saturated rings. The Balaban J connectivity index is 2.98. The van der Waals surface area contributed by atoms with Gasteiger partial charge in [0.25, 0.3) is 0 Å². The van der Waals surface area contributed by atoms with Crippen LogP contribution in [0.4, 0.5) is 0 Å². The first-order valence-electron chi connectivity index (χ1n) is 2.07. The summed E-state index contributed by atoms with van der Waals surface area (Å²) in [7, 11) is 0. The van der Waals surface area contributed by atoms with Gasteiger partial charge in [0.2, 0.25) is 6.29 Å². The fraction of sp³-hybridized carbons (Fsp3) is 0.750. The van der Waals surface area contributed by atoms with Crippen molar-refractivity contribution < 1.29 is 9.90 Å². The third-order valence-electron chi connectivity index (χ3n) is 0.576. The van der Waals surface area contributed by atoms with Crippen molar-refractivity contribution in [2.75, 3.05) is 6.54 Å². The summed E-state index contributed by atoms with van der Waals surface area (Å²) in [4.78, 5) is 9.46. The predicted molar refractivity (Wildman–Crippen MR) is 25.4 cm³/mol. The van der Waals surface area contributed by atoms with Crippen molar-refractivity contribution >= 4 is 6.29 Å². The summed E-state index contributed by atoms with van der Waals surface area (Å²) in [5.74, 6) is 0. The highest BCUT2D eigenvalue weighted by atomic mass is 16.3. The van der Waals surface area contributed by atoms with Crippen LogP contribution in [-0.4, -0.2) is 24.0 Å². The van der Waals surface area contributed by atoms with Crippen LogP contribution in [-0.2, 0) is 4.79 Å². The van der Waals surface area contributed by atoms with E-state index in [9.17, 15) is 4.79 Å². The average Bonchev–Trinajstić information content (AvgIpc) is 1.68. The molecule has 0 bridgehead atoms. The number of hydrogen-bond acceptors (Lipinski definition) is 3. The van der Waals surface area contributed by atoms with E-state index in [1.54, 1.807) is 0 Å². The first-order chi connectivity index (χ1) is 3.31. The van der Waals surface area contributed by atoms with Crippen LogP contribution in [0.25, 0.3) is 0 Å². The zero-order valence-corrected chi connectivity index (χ0v) is 3.92. The van der Waals surface area contributed by atoms with E-state index in [-0.39, 0.29) is 0 Å².